The first-order valence-electron chi connectivity index (χ1n) is 9.83. The second kappa shape index (κ2) is 10.5. The summed E-state index contributed by atoms with van der Waals surface area (Å²) in [6.07, 6.45) is 1.76. The van der Waals surface area contributed by atoms with Crippen molar-refractivity contribution in [1.29, 1.82) is 0 Å². The maximum absolute atomic E-state index is 12.7. The van der Waals surface area contributed by atoms with E-state index in [4.69, 9.17) is 16.3 Å². The Morgan fingerprint density at radius 2 is 1.90 bits per heavy atom. The molecular weight excluding hydrogens is 432 g/mol. The highest BCUT2D eigenvalue weighted by Crippen LogP contribution is 2.25. The lowest BCUT2D eigenvalue weighted by Gasteiger charge is -2.14. The fraction of sp³-hybridized carbons (Fsp3) is 0.261. The number of hydrogen-bond acceptors (Lipinski definition) is 5. The zero-order valence-electron chi connectivity index (χ0n) is 17.8. The number of hydrogen-bond donors (Lipinski definition) is 1. The molecule has 3 rings (SSSR count). The van der Waals surface area contributed by atoms with Crippen molar-refractivity contribution in [2.24, 2.45) is 0 Å². The lowest BCUT2D eigenvalue weighted by molar-refractivity contribution is -0.115. The van der Waals surface area contributed by atoms with Gasteiger partial charge in [-0.3, -0.25) is 9.36 Å². The molecule has 0 aliphatic carbocycles. The Kier molecular flexibility index (Phi) is 7.76. The number of carbonyl (C=O) groups excluding carboxylic acids is 1. The van der Waals surface area contributed by atoms with Crippen LogP contribution in [0.5, 0.6) is 5.75 Å². The summed E-state index contributed by atoms with van der Waals surface area (Å²) in [5.74, 6) is 1.24. The topological polar surface area (TPSA) is 69.0 Å². The second-order valence-electron chi connectivity index (χ2n) is 7.17. The van der Waals surface area contributed by atoms with Gasteiger partial charge in [-0.15, -0.1) is 16.8 Å². The Labute approximate surface area is 191 Å². The highest BCUT2D eigenvalue weighted by Gasteiger charge is 2.20. The quantitative estimate of drug-likeness (QED) is 0.343. The predicted octanol–water partition coefficient (Wildman–Crippen LogP) is 5.43. The van der Waals surface area contributed by atoms with Gasteiger partial charge in [-0.05, 0) is 68.3 Å². The maximum atomic E-state index is 12.7. The van der Waals surface area contributed by atoms with E-state index in [0.29, 0.717) is 28.3 Å². The first-order valence-corrected chi connectivity index (χ1v) is 11.1. The summed E-state index contributed by atoms with van der Waals surface area (Å²) in [7, 11) is 0. The van der Waals surface area contributed by atoms with E-state index in [1.54, 1.807) is 30.3 Å². The number of allylic oxidation sites excluding steroid dienone is 1. The molecule has 2 aromatic carbocycles. The van der Waals surface area contributed by atoms with E-state index in [1.165, 1.54) is 11.8 Å². The van der Waals surface area contributed by atoms with E-state index >= 15 is 0 Å². The third-order valence-corrected chi connectivity index (χ3v) is 5.76. The van der Waals surface area contributed by atoms with E-state index < -0.39 is 0 Å². The number of thioether (sulfide) groups is 1. The average Bonchev–Trinajstić information content (AvgIpc) is 3.08. The van der Waals surface area contributed by atoms with Crippen molar-refractivity contribution in [2.45, 2.75) is 44.3 Å². The van der Waals surface area contributed by atoms with Crippen LogP contribution >= 0.6 is 23.4 Å². The Morgan fingerprint density at radius 1 is 1.23 bits per heavy atom. The van der Waals surface area contributed by atoms with Gasteiger partial charge in [-0.2, -0.15) is 0 Å². The van der Waals surface area contributed by atoms with Gasteiger partial charge in [0.25, 0.3) is 0 Å². The number of aryl methyl sites for hydroxylation is 2. The Morgan fingerprint density at radius 3 is 2.55 bits per heavy atom. The number of halogens is 1. The molecule has 8 heteroatoms. The summed E-state index contributed by atoms with van der Waals surface area (Å²) in [6.45, 7) is 10.4. The van der Waals surface area contributed by atoms with Crippen molar-refractivity contribution in [3.8, 4) is 5.75 Å². The number of nitrogens with zero attached hydrogens (tertiary/aromatic N) is 3. The minimum absolute atomic E-state index is 0.0953. The Balaban J connectivity index is 1.67. The minimum Gasteiger partial charge on any atom is -0.486 e. The van der Waals surface area contributed by atoms with E-state index in [2.05, 4.69) is 28.2 Å². The summed E-state index contributed by atoms with van der Waals surface area (Å²) >= 11 is 7.26. The monoisotopic (exact) mass is 456 g/mol. The molecule has 31 heavy (non-hydrogen) atoms. The van der Waals surface area contributed by atoms with Crippen molar-refractivity contribution < 1.29 is 9.53 Å². The van der Waals surface area contributed by atoms with Gasteiger partial charge in [0.15, 0.2) is 11.0 Å². The molecule has 0 aliphatic rings. The number of aromatic nitrogens is 3. The first-order chi connectivity index (χ1) is 14.9. The zero-order chi connectivity index (χ0) is 22.4. The molecule has 0 fully saturated rings. The summed E-state index contributed by atoms with van der Waals surface area (Å²) in [4.78, 5) is 12.7. The molecule has 0 bridgehead atoms. The molecule has 0 aliphatic heterocycles. The molecule has 3 aromatic rings. The van der Waals surface area contributed by atoms with Crippen molar-refractivity contribution in [2.75, 3.05) is 5.32 Å². The van der Waals surface area contributed by atoms with E-state index in [0.717, 1.165) is 16.8 Å². The van der Waals surface area contributed by atoms with Crippen LogP contribution in [-0.2, 0) is 17.9 Å². The number of ether oxygens (including phenoxy) is 1. The van der Waals surface area contributed by atoms with Crippen LogP contribution < -0.4 is 10.1 Å². The molecule has 6 nitrogen and oxygen atoms in total. The Hall–Kier alpha value is -2.77. The molecule has 0 saturated heterocycles. The molecular formula is C23H25ClN4O2S. The number of nitrogens with one attached hydrogen (secondary N) is 1. The number of amides is 1. The number of anilines is 1. The van der Waals surface area contributed by atoms with E-state index in [9.17, 15) is 4.79 Å². The van der Waals surface area contributed by atoms with Crippen LogP contribution in [0.2, 0.25) is 5.02 Å². The third kappa shape index (κ3) is 6.35. The summed E-state index contributed by atoms with van der Waals surface area (Å²) in [5.41, 5.74) is 3.00. The summed E-state index contributed by atoms with van der Waals surface area (Å²) in [5, 5.41) is 12.4. The number of carbonyl (C=O) groups is 1. The molecule has 1 amide bonds. The van der Waals surface area contributed by atoms with Gasteiger partial charge in [-0.25, -0.2) is 0 Å². The zero-order valence-corrected chi connectivity index (χ0v) is 19.3. The molecule has 0 radical (unpaired) electrons. The number of rotatable bonds is 9. The summed E-state index contributed by atoms with van der Waals surface area (Å²) < 4.78 is 7.69. The molecule has 1 N–H and O–H groups in total. The second-order valence-corrected chi connectivity index (χ2v) is 8.91. The van der Waals surface area contributed by atoms with Crippen LogP contribution in [0.1, 0.15) is 23.9 Å². The fourth-order valence-electron chi connectivity index (χ4n) is 3.01. The lowest BCUT2D eigenvalue weighted by Crippen LogP contribution is -2.23. The predicted molar refractivity (Wildman–Crippen MR) is 126 cm³/mol. The highest BCUT2D eigenvalue weighted by molar-refractivity contribution is 8.00. The largest absolute Gasteiger partial charge is 0.486 e. The van der Waals surface area contributed by atoms with Crippen molar-refractivity contribution in [1.82, 2.24) is 14.8 Å². The molecule has 0 spiro atoms. The van der Waals surface area contributed by atoms with E-state index in [1.807, 2.05) is 37.5 Å². The molecule has 1 unspecified atom stereocenters. The lowest BCUT2D eigenvalue weighted by atomic mass is 10.1. The van der Waals surface area contributed by atoms with E-state index in [-0.39, 0.29) is 17.8 Å². The molecule has 1 heterocycles. The SMILES string of the molecule is C=CCn1c(COc2ccc(Cl)cc2)nnc1SC(C)C(=O)Nc1cc(C)cc(C)c1. The standard InChI is InChI=1S/C23H25ClN4O2S/c1-5-10-28-21(14-30-20-8-6-18(24)7-9-20)26-27-23(28)31-17(4)22(29)25-19-12-15(2)11-16(3)13-19/h5-9,11-13,17H,1,10,14H2,2-4H3,(H,25,29). The molecule has 1 aromatic heterocycles. The van der Waals surface area contributed by atoms with Gasteiger partial charge in [-0.1, -0.05) is 35.5 Å². The average molecular weight is 457 g/mol. The van der Waals surface area contributed by atoms with Crippen LogP contribution in [0, 0.1) is 13.8 Å². The number of benzene rings is 2. The van der Waals surface area contributed by atoms with Gasteiger partial charge >= 0.3 is 0 Å². The molecule has 162 valence electrons. The Bertz CT molecular complexity index is 1050. The first kappa shape index (κ1) is 22.9. The fourth-order valence-corrected chi connectivity index (χ4v) is 4.01. The van der Waals surface area contributed by atoms with Crippen molar-refractivity contribution >= 4 is 35.0 Å². The van der Waals surface area contributed by atoms with Crippen LogP contribution in [0.4, 0.5) is 5.69 Å². The van der Waals surface area contributed by atoms with Crippen LogP contribution in [0.15, 0.2) is 60.3 Å². The molecule has 0 saturated carbocycles. The van der Waals surface area contributed by atoms with Crippen LogP contribution in [0.3, 0.4) is 0 Å². The normalized spacial score (nSPS) is 11.7. The van der Waals surface area contributed by atoms with Crippen molar-refractivity contribution in [3.05, 3.63) is 77.1 Å². The van der Waals surface area contributed by atoms with Gasteiger partial charge < -0.3 is 10.1 Å². The van der Waals surface area contributed by atoms with Crippen LogP contribution in [0.25, 0.3) is 0 Å². The van der Waals surface area contributed by atoms with Crippen molar-refractivity contribution in [3.63, 3.8) is 0 Å². The van der Waals surface area contributed by atoms with Gasteiger partial charge in [0.05, 0.1) is 5.25 Å². The van der Waals surface area contributed by atoms with Gasteiger partial charge in [0.1, 0.15) is 12.4 Å². The molecule has 1 atom stereocenters. The van der Waals surface area contributed by atoms with Gasteiger partial charge in [0.2, 0.25) is 5.91 Å². The minimum atomic E-state index is -0.362. The third-order valence-electron chi connectivity index (χ3n) is 4.43. The highest BCUT2D eigenvalue weighted by atomic mass is 35.5. The van der Waals surface area contributed by atoms with Gasteiger partial charge in [0, 0.05) is 17.3 Å². The van der Waals surface area contributed by atoms with Crippen LogP contribution in [-0.4, -0.2) is 25.9 Å². The summed E-state index contributed by atoms with van der Waals surface area (Å²) in [6, 6.07) is 13.1. The smallest absolute Gasteiger partial charge is 0.237 e. The maximum Gasteiger partial charge on any atom is 0.237 e.